The molecule has 0 aliphatic carbocycles. The van der Waals surface area contributed by atoms with Gasteiger partial charge in [-0.2, -0.15) is 4.98 Å². The Balaban J connectivity index is 1.78. The second-order valence-corrected chi connectivity index (χ2v) is 9.48. The molecule has 4 rings (SSSR count). The van der Waals surface area contributed by atoms with Crippen molar-refractivity contribution in [1.29, 1.82) is 0 Å². The molecule has 0 bridgehead atoms. The van der Waals surface area contributed by atoms with Crippen molar-refractivity contribution in [2.75, 3.05) is 16.4 Å². The van der Waals surface area contributed by atoms with Gasteiger partial charge in [-0.05, 0) is 48.3 Å². The number of hydrogen-bond acceptors (Lipinski definition) is 5. The lowest BCUT2D eigenvalue weighted by Gasteiger charge is -2.29. The molecule has 1 aliphatic rings. The molecule has 6 nitrogen and oxygen atoms in total. The van der Waals surface area contributed by atoms with Crippen LogP contribution in [0.5, 0.6) is 0 Å². The van der Waals surface area contributed by atoms with Crippen LogP contribution in [0.2, 0.25) is 0 Å². The molecular weight excluding hydrogens is 418 g/mol. The zero-order valence-corrected chi connectivity index (χ0v) is 20.0. The average Bonchev–Trinajstić information content (AvgIpc) is 3.16. The second-order valence-electron chi connectivity index (χ2n) is 8.25. The highest BCUT2D eigenvalue weighted by atomic mass is 32.2. The average molecular weight is 448 g/mol. The highest BCUT2D eigenvalue weighted by Crippen LogP contribution is 2.37. The first-order valence-electron chi connectivity index (χ1n) is 10.9. The van der Waals surface area contributed by atoms with Crippen LogP contribution in [0.25, 0.3) is 0 Å². The van der Waals surface area contributed by atoms with Crippen LogP contribution in [0.15, 0.2) is 65.0 Å². The number of para-hydroxylation sites is 1. The van der Waals surface area contributed by atoms with E-state index in [1.807, 2.05) is 42.8 Å². The first-order valence-corrected chi connectivity index (χ1v) is 11.9. The lowest BCUT2D eigenvalue weighted by atomic mass is 9.92. The van der Waals surface area contributed by atoms with E-state index in [1.54, 1.807) is 11.8 Å². The minimum Gasteiger partial charge on any atom is -0.328 e. The summed E-state index contributed by atoms with van der Waals surface area (Å²) in [5.41, 5.74) is 5.50. The SMILES string of the molecule is CCSc1nc2n(n1)[C@@H](c1ccc(C(C)C)cc1)C(C(=O)Nc1ccccc1C)=C(C)N2. The van der Waals surface area contributed by atoms with Crippen molar-refractivity contribution in [2.45, 2.75) is 51.7 Å². The molecule has 1 atom stereocenters. The van der Waals surface area contributed by atoms with Crippen molar-refractivity contribution in [3.05, 3.63) is 76.5 Å². The second kappa shape index (κ2) is 9.20. The maximum Gasteiger partial charge on any atom is 0.255 e. The van der Waals surface area contributed by atoms with Crippen molar-refractivity contribution in [3.8, 4) is 0 Å². The van der Waals surface area contributed by atoms with Gasteiger partial charge in [-0.3, -0.25) is 4.79 Å². The molecule has 3 aromatic rings. The van der Waals surface area contributed by atoms with Crippen LogP contribution in [0.4, 0.5) is 11.6 Å². The smallest absolute Gasteiger partial charge is 0.255 e. The molecule has 1 amide bonds. The van der Waals surface area contributed by atoms with Crippen molar-refractivity contribution in [1.82, 2.24) is 14.8 Å². The summed E-state index contributed by atoms with van der Waals surface area (Å²) in [6.07, 6.45) is 0. The van der Waals surface area contributed by atoms with Crippen molar-refractivity contribution in [3.63, 3.8) is 0 Å². The number of thioether (sulfide) groups is 1. The molecule has 1 aromatic heterocycles. The van der Waals surface area contributed by atoms with Crippen molar-refractivity contribution in [2.24, 2.45) is 0 Å². The highest BCUT2D eigenvalue weighted by Gasteiger charge is 2.34. The number of allylic oxidation sites excluding steroid dienone is 1. The first-order chi connectivity index (χ1) is 15.4. The number of nitrogens with zero attached hydrogens (tertiary/aromatic N) is 3. The van der Waals surface area contributed by atoms with Crippen LogP contribution in [0, 0.1) is 6.92 Å². The number of anilines is 2. The van der Waals surface area contributed by atoms with Gasteiger partial charge in [0.05, 0.1) is 5.57 Å². The Morgan fingerprint density at radius 2 is 1.88 bits per heavy atom. The number of amides is 1. The number of hydrogen-bond donors (Lipinski definition) is 2. The molecule has 0 unspecified atom stereocenters. The molecule has 2 heterocycles. The molecule has 0 saturated carbocycles. The molecular formula is C25H29N5OS. The fraction of sp³-hybridized carbons (Fsp3) is 0.320. The van der Waals surface area contributed by atoms with E-state index >= 15 is 0 Å². The van der Waals surface area contributed by atoms with Gasteiger partial charge in [-0.15, -0.1) is 5.10 Å². The number of aromatic nitrogens is 3. The van der Waals surface area contributed by atoms with Gasteiger partial charge in [0, 0.05) is 11.4 Å². The van der Waals surface area contributed by atoms with Gasteiger partial charge in [0.15, 0.2) is 0 Å². The van der Waals surface area contributed by atoms with E-state index in [1.165, 1.54) is 5.56 Å². The first kappa shape index (κ1) is 22.1. The molecule has 7 heteroatoms. The molecule has 32 heavy (non-hydrogen) atoms. The standard InChI is InChI=1S/C25H29N5OS/c1-6-32-25-28-24-26-17(5)21(23(31)27-20-10-8-7-9-16(20)4)22(30(24)29-25)19-13-11-18(12-14-19)15(2)3/h7-15,22H,6H2,1-5H3,(H,27,31)(H,26,28,29)/t22-/m0/s1. The molecule has 166 valence electrons. The van der Waals surface area contributed by atoms with Gasteiger partial charge >= 0.3 is 0 Å². The van der Waals surface area contributed by atoms with Crippen molar-refractivity contribution >= 4 is 29.3 Å². The molecule has 0 radical (unpaired) electrons. The monoisotopic (exact) mass is 447 g/mol. The Kier molecular flexibility index (Phi) is 6.37. The number of nitrogens with one attached hydrogen (secondary N) is 2. The Labute approximate surface area is 193 Å². The Morgan fingerprint density at radius 1 is 1.16 bits per heavy atom. The third-order valence-corrected chi connectivity index (χ3v) is 6.38. The summed E-state index contributed by atoms with van der Waals surface area (Å²) in [6, 6.07) is 15.9. The summed E-state index contributed by atoms with van der Waals surface area (Å²) in [7, 11) is 0. The fourth-order valence-electron chi connectivity index (χ4n) is 3.89. The summed E-state index contributed by atoms with van der Waals surface area (Å²) >= 11 is 1.59. The molecule has 2 aromatic carbocycles. The van der Waals surface area contributed by atoms with Crippen LogP contribution in [0.3, 0.4) is 0 Å². The molecule has 1 aliphatic heterocycles. The maximum absolute atomic E-state index is 13.6. The van der Waals surface area contributed by atoms with Gasteiger partial charge in [0.1, 0.15) is 6.04 Å². The van der Waals surface area contributed by atoms with E-state index in [0.717, 1.165) is 28.3 Å². The maximum atomic E-state index is 13.6. The predicted octanol–water partition coefficient (Wildman–Crippen LogP) is 5.75. The van der Waals surface area contributed by atoms with Crippen LogP contribution >= 0.6 is 11.8 Å². The summed E-state index contributed by atoms with van der Waals surface area (Å²) in [5, 5.41) is 11.8. The Morgan fingerprint density at radius 3 is 2.53 bits per heavy atom. The zero-order chi connectivity index (χ0) is 22.8. The van der Waals surface area contributed by atoms with Gasteiger partial charge in [0.25, 0.3) is 5.91 Å². The lowest BCUT2D eigenvalue weighted by Crippen LogP contribution is -2.31. The molecule has 0 spiro atoms. The summed E-state index contributed by atoms with van der Waals surface area (Å²) in [6.45, 7) is 10.3. The highest BCUT2D eigenvalue weighted by molar-refractivity contribution is 7.99. The van der Waals surface area contributed by atoms with E-state index < -0.39 is 0 Å². The van der Waals surface area contributed by atoms with Gasteiger partial charge in [-0.1, -0.05) is 75.0 Å². The van der Waals surface area contributed by atoms with Crippen molar-refractivity contribution < 1.29 is 4.79 Å². The van der Waals surface area contributed by atoms with Crippen LogP contribution in [0.1, 0.15) is 56.3 Å². The van der Waals surface area contributed by atoms with Gasteiger partial charge in [0.2, 0.25) is 11.1 Å². The fourth-order valence-corrected chi connectivity index (χ4v) is 4.44. The summed E-state index contributed by atoms with van der Waals surface area (Å²) in [5.74, 6) is 1.83. The quantitative estimate of drug-likeness (QED) is 0.471. The van der Waals surface area contributed by atoms with E-state index in [0.29, 0.717) is 22.6 Å². The third kappa shape index (κ3) is 4.30. The van der Waals surface area contributed by atoms with Crippen LogP contribution in [-0.4, -0.2) is 26.4 Å². The number of aryl methyl sites for hydroxylation is 1. The number of benzene rings is 2. The Hall–Kier alpha value is -3.06. The number of rotatable bonds is 6. The normalized spacial score (nSPS) is 15.5. The minimum absolute atomic E-state index is 0.145. The predicted molar refractivity (Wildman–Crippen MR) is 131 cm³/mol. The van der Waals surface area contributed by atoms with Crippen LogP contribution in [-0.2, 0) is 4.79 Å². The molecule has 0 saturated heterocycles. The number of carbonyl (C=O) groups excluding carboxylic acids is 1. The summed E-state index contributed by atoms with van der Waals surface area (Å²) < 4.78 is 1.84. The topological polar surface area (TPSA) is 71.8 Å². The lowest BCUT2D eigenvalue weighted by molar-refractivity contribution is -0.113. The minimum atomic E-state index is -0.366. The third-order valence-electron chi connectivity index (χ3n) is 5.66. The molecule has 0 fully saturated rings. The van der Waals surface area contributed by atoms with E-state index in [2.05, 4.69) is 60.7 Å². The molecule has 2 N–H and O–H groups in total. The summed E-state index contributed by atoms with van der Waals surface area (Å²) in [4.78, 5) is 18.2. The number of carbonyl (C=O) groups is 1. The number of fused-ring (bicyclic) bond motifs is 1. The largest absolute Gasteiger partial charge is 0.328 e. The van der Waals surface area contributed by atoms with Gasteiger partial charge < -0.3 is 10.6 Å². The van der Waals surface area contributed by atoms with E-state index in [-0.39, 0.29) is 11.9 Å². The van der Waals surface area contributed by atoms with E-state index in [9.17, 15) is 4.79 Å². The van der Waals surface area contributed by atoms with Crippen LogP contribution < -0.4 is 10.6 Å². The Bertz CT molecular complexity index is 1160. The zero-order valence-electron chi connectivity index (χ0n) is 19.1. The van der Waals surface area contributed by atoms with Gasteiger partial charge in [-0.25, -0.2) is 4.68 Å². The van der Waals surface area contributed by atoms with E-state index in [4.69, 9.17) is 5.10 Å².